The van der Waals surface area contributed by atoms with Gasteiger partial charge in [-0.3, -0.25) is 0 Å². The molecule has 4 aromatic rings. The lowest BCUT2D eigenvalue weighted by Gasteiger charge is -2.41. The molecule has 2 aromatic heterocycles. The van der Waals surface area contributed by atoms with Crippen LogP contribution in [-0.2, 0) is 17.9 Å². The van der Waals surface area contributed by atoms with Gasteiger partial charge in [0.25, 0.3) is 6.33 Å². The predicted molar refractivity (Wildman–Crippen MR) is 123 cm³/mol. The molecule has 1 aliphatic rings. The van der Waals surface area contributed by atoms with E-state index in [1.54, 1.807) is 0 Å². The molecule has 154 valence electrons. The Hall–Kier alpha value is -2.68. The first-order valence-electron chi connectivity index (χ1n) is 10.9. The van der Waals surface area contributed by atoms with Crippen LogP contribution in [0.1, 0.15) is 62.9 Å². The van der Waals surface area contributed by atoms with Crippen molar-refractivity contribution in [3.63, 3.8) is 0 Å². The van der Waals surface area contributed by atoms with Crippen LogP contribution in [0.2, 0.25) is 0 Å². The van der Waals surface area contributed by atoms with Gasteiger partial charge in [-0.15, -0.1) is 0 Å². The zero-order valence-electron chi connectivity index (χ0n) is 19.2. The average Bonchev–Trinajstić information content (AvgIpc) is 3.05. The third kappa shape index (κ3) is 2.64. The van der Waals surface area contributed by atoms with Crippen molar-refractivity contribution in [2.45, 2.75) is 65.2 Å². The first-order chi connectivity index (χ1) is 14.1. The molecule has 0 spiro atoms. The molecule has 1 aliphatic carbocycles. The smallest absolute Gasteiger partial charge is 0.286 e. The Morgan fingerprint density at radius 1 is 0.900 bits per heavy atom. The maximum Gasteiger partial charge on any atom is 0.286 e. The van der Waals surface area contributed by atoms with E-state index >= 15 is 0 Å². The van der Waals surface area contributed by atoms with E-state index in [9.17, 15) is 0 Å². The number of rotatable bonds is 1. The highest BCUT2D eigenvalue weighted by Gasteiger charge is 2.39. The number of aryl methyl sites for hydroxylation is 3. The second kappa shape index (κ2) is 6.16. The number of benzene rings is 2. The monoisotopic (exact) mass is 399 g/mol. The average molecular weight is 400 g/mol. The SMILES string of the molecule is Cc1cc(-c2c(C)ccc3c2oc2c4c(ccc23)C(C)(C)CCC4(C)C)[n+](C)cn1. The molecule has 0 saturated carbocycles. The summed E-state index contributed by atoms with van der Waals surface area (Å²) in [6.07, 6.45) is 4.27. The molecule has 3 heteroatoms. The van der Waals surface area contributed by atoms with Crippen molar-refractivity contribution in [1.82, 2.24) is 4.98 Å². The van der Waals surface area contributed by atoms with E-state index in [-0.39, 0.29) is 10.8 Å². The van der Waals surface area contributed by atoms with Crippen LogP contribution >= 0.6 is 0 Å². The molecule has 0 saturated heterocycles. The number of hydrogen-bond acceptors (Lipinski definition) is 2. The van der Waals surface area contributed by atoms with E-state index in [1.807, 2.05) is 13.3 Å². The molecule has 30 heavy (non-hydrogen) atoms. The largest absolute Gasteiger partial charge is 0.455 e. The summed E-state index contributed by atoms with van der Waals surface area (Å²) in [6.45, 7) is 13.7. The van der Waals surface area contributed by atoms with Gasteiger partial charge < -0.3 is 4.42 Å². The molecule has 0 atom stereocenters. The van der Waals surface area contributed by atoms with Crippen molar-refractivity contribution in [2.75, 3.05) is 0 Å². The van der Waals surface area contributed by atoms with Gasteiger partial charge in [0.1, 0.15) is 16.9 Å². The fourth-order valence-corrected chi connectivity index (χ4v) is 5.27. The molecular weight excluding hydrogens is 368 g/mol. The van der Waals surface area contributed by atoms with Gasteiger partial charge >= 0.3 is 0 Å². The Kier molecular flexibility index (Phi) is 3.96. The van der Waals surface area contributed by atoms with Crippen LogP contribution < -0.4 is 4.57 Å². The van der Waals surface area contributed by atoms with Gasteiger partial charge in [-0.1, -0.05) is 56.9 Å². The van der Waals surface area contributed by atoms with Gasteiger partial charge in [0, 0.05) is 29.3 Å². The van der Waals surface area contributed by atoms with Gasteiger partial charge in [0.15, 0.2) is 5.69 Å². The van der Waals surface area contributed by atoms with E-state index < -0.39 is 0 Å². The minimum absolute atomic E-state index is 0.103. The van der Waals surface area contributed by atoms with Gasteiger partial charge in [-0.25, -0.2) is 4.57 Å². The summed E-state index contributed by atoms with van der Waals surface area (Å²) >= 11 is 0. The maximum atomic E-state index is 6.81. The highest BCUT2D eigenvalue weighted by Crippen LogP contribution is 2.50. The van der Waals surface area contributed by atoms with Crippen molar-refractivity contribution >= 4 is 21.9 Å². The molecule has 2 heterocycles. The molecule has 2 aromatic carbocycles. The van der Waals surface area contributed by atoms with Crippen LogP contribution in [0, 0.1) is 13.8 Å². The second-order valence-corrected chi connectivity index (χ2v) is 10.4. The molecule has 0 bridgehead atoms. The Balaban J connectivity index is 1.93. The van der Waals surface area contributed by atoms with Crippen LogP contribution in [-0.4, -0.2) is 4.98 Å². The summed E-state index contributed by atoms with van der Waals surface area (Å²) in [6, 6.07) is 11.2. The van der Waals surface area contributed by atoms with Crippen molar-refractivity contribution in [2.24, 2.45) is 7.05 Å². The van der Waals surface area contributed by atoms with Crippen LogP contribution in [0.15, 0.2) is 41.1 Å². The lowest BCUT2D eigenvalue weighted by atomic mass is 9.63. The van der Waals surface area contributed by atoms with E-state index in [4.69, 9.17) is 4.42 Å². The summed E-state index contributed by atoms with van der Waals surface area (Å²) in [5.74, 6) is 0. The molecule has 0 radical (unpaired) electrons. The lowest BCUT2D eigenvalue weighted by Crippen LogP contribution is -2.33. The fourth-order valence-electron chi connectivity index (χ4n) is 5.27. The second-order valence-electron chi connectivity index (χ2n) is 10.4. The number of hydrogen-bond donors (Lipinski definition) is 0. The third-order valence-corrected chi connectivity index (χ3v) is 7.22. The zero-order chi connectivity index (χ0) is 21.4. The van der Waals surface area contributed by atoms with Gasteiger partial charge in [-0.2, -0.15) is 0 Å². The van der Waals surface area contributed by atoms with Crippen LogP contribution in [0.4, 0.5) is 0 Å². The van der Waals surface area contributed by atoms with E-state index in [1.165, 1.54) is 45.9 Å². The molecule has 0 aliphatic heterocycles. The van der Waals surface area contributed by atoms with E-state index in [0.29, 0.717) is 0 Å². The molecule has 0 amide bonds. The minimum atomic E-state index is 0.103. The quantitative estimate of drug-likeness (QED) is 0.345. The summed E-state index contributed by atoms with van der Waals surface area (Å²) in [5.41, 5.74) is 9.69. The van der Waals surface area contributed by atoms with Crippen molar-refractivity contribution in [3.8, 4) is 11.3 Å². The van der Waals surface area contributed by atoms with Crippen LogP contribution in [0.25, 0.3) is 33.2 Å². The number of furan rings is 1. The summed E-state index contributed by atoms with van der Waals surface area (Å²) in [7, 11) is 2.05. The third-order valence-electron chi connectivity index (χ3n) is 7.22. The topological polar surface area (TPSA) is 29.9 Å². The molecular formula is C27H31N2O+. The standard InChI is InChI=1S/C27H31N2O/c1-16-8-9-18-19-10-11-20-23(27(5,6)13-12-26(20,3)4)25(19)30-24(18)22(16)21-14-17(2)28-15-29(21)7/h8-11,14-15H,12-13H2,1-7H3/q+1. The molecule has 0 unspecified atom stereocenters. The number of fused-ring (bicyclic) bond motifs is 5. The van der Waals surface area contributed by atoms with Crippen LogP contribution in [0.5, 0.6) is 0 Å². The fraction of sp³-hybridized carbons (Fsp3) is 0.407. The minimum Gasteiger partial charge on any atom is -0.455 e. The number of nitrogens with zero attached hydrogens (tertiary/aromatic N) is 2. The zero-order valence-corrected chi connectivity index (χ0v) is 19.2. The Morgan fingerprint density at radius 2 is 1.57 bits per heavy atom. The summed E-state index contributed by atoms with van der Waals surface area (Å²) in [4.78, 5) is 4.44. The number of aromatic nitrogens is 2. The molecule has 5 rings (SSSR count). The molecule has 3 nitrogen and oxygen atoms in total. The van der Waals surface area contributed by atoms with Gasteiger partial charge in [0.2, 0.25) is 0 Å². The Labute approximate surface area is 178 Å². The van der Waals surface area contributed by atoms with Crippen LogP contribution in [0.3, 0.4) is 0 Å². The summed E-state index contributed by atoms with van der Waals surface area (Å²) in [5, 5.41) is 2.42. The first kappa shape index (κ1) is 19.3. The van der Waals surface area contributed by atoms with E-state index in [0.717, 1.165) is 22.6 Å². The lowest BCUT2D eigenvalue weighted by molar-refractivity contribution is -0.663. The van der Waals surface area contributed by atoms with E-state index in [2.05, 4.69) is 81.5 Å². The van der Waals surface area contributed by atoms with Gasteiger partial charge in [0.05, 0.1) is 12.6 Å². The van der Waals surface area contributed by atoms with Crippen molar-refractivity contribution < 1.29 is 8.98 Å². The normalized spacial score (nSPS) is 17.4. The highest BCUT2D eigenvalue weighted by molar-refractivity contribution is 6.11. The maximum absolute atomic E-state index is 6.81. The van der Waals surface area contributed by atoms with Crippen molar-refractivity contribution in [3.05, 3.63) is 59.0 Å². The summed E-state index contributed by atoms with van der Waals surface area (Å²) < 4.78 is 8.90. The van der Waals surface area contributed by atoms with Crippen molar-refractivity contribution in [1.29, 1.82) is 0 Å². The Morgan fingerprint density at radius 3 is 2.33 bits per heavy atom. The predicted octanol–water partition coefficient (Wildman–Crippen LogP) is 6.44. The Bertz CT molecular complexity index is 1320. The molecule has 0 N–H and O–H groups in total. The molecule has 0 fully saturated rings. The highest BCUT2D eigenvalue weighted by atomic mass is 16.3. The first-order valence-corrected chi connectivity index (χ1v) is 10.9. The van der Waals surface area contributed by atoms with Gasteiger partial charge in [-0.05, 0) is 41.7 Å².